The Hall–Kier alpha value is -1.20. The van der Waals surface area contributed by atoms with Crippen molar-refractivity contribution in [2.24, 2.45) is 5.92 Å². The largest absolute Gasteiger partial charge is 0.396 e. The van der Waals surface area contributed by atoms with Crippen molar-refractivity contribution in [1.29, 1.82) is 0 Å². The van der Waals surface area contributed by atoms with Crippen molar-refractivity contribution in [1.82, 2.24) is 5.32 Å². The number of hydrogen-bond donors (Lipinski definition) is 2. The molecule has 1 aromatic rings. The van der Waals surface area contributed by atoms with Crippen LogP contribution in [0.4, 0.5) is 0 Å². The van der Waals surface area contributed by atoms with Crippen LogP contribution in [-0.2, 0) is 4.79 Å². The lowest BCUT2D eigenvalue weighted by molar-refractivity contribution is -0.121. The molecule has 0 fully saturated rings. The molecule has 0 aromatic carbocycles. The highest BCUT2D eigenvalue weighted by atomic mass is 32.1. The molecule has 112 valence electrons. The van der Waals surface area contributed by atoms with Crippen LogP contribution in [0.1, 0.15) is 46.3 Å². The number of amides is 1. The summed E-state index contributed by atoms with van der Waals surface area (Å²) < 4.78 is 0. The summed E-state index contributed by atoms with van der Waals surface area (Å²) in [6.07, 6.45) is 1.14. The van der Waals surface area contributed by atoms with Gasteiger partial charge in [0.15, 0.2) is 5.78 Å². The number of carbonyl (C=O) groups is 2. The van der Waals surface area contributed by atoms with Crippen LogP contribution in [0.3, 0.4) is 0 Å². The van der Waals surface area contributed by atoms with Gasteiger partial charge in [-0.2, -0.15) is 0 Å². The first-order valence-electron chi connectivity index (χ1n) is 6.91. The second-order valence-electron chi connectivity index (χ2n) is 5.17. The second-order valence-corrected chi connectivity index (χ2v) is 6.63. The van der Waals surface area contributed by atoms with Crippen molar-refractivity contribution < 1.29 is 14.7 Å². The molecule has 0 bridgehead atoms. The Bertz CT molecular complexity index is 468. The summed E-state index contributed by atoms with van der Waals surface area (Å²) in [4.78, 5) is 25.8. The van der Waals surface area contributed by atoms with Crippen LogP contribution in [-0.4, -0.2) is 29.9 Å². The number of nitrogens with one attached hydrogen (secondary N) is 1. The number of thiophene rings is 1. The molecule has 1 unspecified atom stereocenters. The van der Waals surface area contributed by atoms with E-state index in [9.17, 15) is 9.59 Å². The minimum absolute atomic E-state index is 0.0328. The fourth-order valence-corrected chi connectivity index (χ4v) is 2.91. The zero-order valence-corrected chi connectivity index (χ0v) is 13.2. The number of rotatable bonds is 8. The van der Waals surface area contributed by atoms with Crippen molar-refractivity contribution in [2.75, 3.05) is 13.2 Å². The van der Waals surface area contributed by atoms with Gasteiger partial charge in [-0.05, 0) is 32.3 Å². The Kier molecular flexibility index (Phi) is 6.88. The van der Waals surface area contributed by atoms with Gasteiger partial charge in [0.25, 0.3) is 0 Å². The molecule has 0 aliphatic heterocycles. The summed E-state index contributed by atoms with van der Waals surface area (Å²) in [5.41, 5.74) is 0.744. The van der Waals surface area contributed by atoms with Crippen LogP contribution in [0.25, 0.3) is 0 Å². The number of aryl methyl sites for hydroxylation is 2. The molecule has 1 heterocycles. The van der Waals surface area contributed by atoms with Gasteiger partial charge in [0, 0.05) is 41.3 Å². The summed E-state index contributed by atoms with van der Waals surface area (Å²) in [5.74, 6) is 0.180. The van der Waals surface area contributed by atoms with Gasteiger partial charge in [-0.25, -0.2) is 0 Å². The Morgan fingerprint density at radius 2 is 2.05 bits per heavy atom. The van der Waals surface area contributed by atoms with E-state index in [-0.39, 0.29) is 37.1 Å². The maximum absolute atomic E-state index is 12.0. The van der Waals surface area contributed by atoms with E-state index in [2.05, 4.69) is 5.32 Å². The number of aliphatic hydroxyl groups excluding tert-OH is 1. The second kappa shape index (κ2) is 8.17. The highest BCUT2D eigenvalue weighted by molar-refractivity contribution is 7.12. The molecule has 0 radical (unpaired) electrons. The van der Waals surface area contributed by atoms with Gasteiger partial charge in [0.05, 0.1) is 0 Å². The molecule has 1 aromatic heterocycles. The van der Waals surface area contributed by atoms with Crippen LogP contribution in [0.5, 0.6) is 0 Å². The molecule has 0 aliphatic carbocycles. The van der Waals surface area contributed by atoms with E-state index >= 15 is 0 Å². The monoisotopic (exact) mass is 297 g/mol. The Morgan fingerprint density at radius 3 is 2.60 bits per heavy atom. The van der Waals surface area contributed by atoms with E-state index in [0.29, 0.717) is 13.0 Å². The van der Waals surface area contributed by atoms with Gasteiger partial charge < -0.3 is 10.4 Å². The van der Waals surface area contributed by atoms with Crippen molar-refractivity contribution in [3.63, 3.8) is 0 Å². The molecule has 0 saturated heterocycles. The van der Waals surface area contributed by atoms with Crippen LogP contribution in [0.2, 0.25) is 0 Å². The SMILES string of the molecule is Cc1cc(C(=O)CCC(=O)NCC(C)CCO)c(C)s1. The van der Waals surface area contributed by atoms with Gasteiger partial charge in [-0.1, -0.05) is 6.92 Å². The summed E-state index contributed by atoms with van der Waals surface area (Å²) in [6.45, 7) is 6.56. The van der Waals surface area contributed by atoms with E-state index in [1.807, 2.05) is 26.8 Å². The minimum atomic E-state index is -0.104. The Morgan fingerprint density at radius 1 is 1.35 bits per heavy atom. The third-order valence-electron chi connectivity index (χ3n) is 3.19. The molecule has 1 atom stereocenters. The van der Waals surface area contributed by atoms with Crippen LogP contribution < -0.4 is 5.32 Å². The first kappa shape index (κ1) is 16.9. The molecule has 4 nitrogen and oxygen atoms in total. The summed E-state index contributed by atoms with van der Waals surface area (Å²) in [6, 6.07) is 1.89. The lowest BCUT2D eigenvalue weighted by Gasteiger charge is -2.10. The van der Waals surface area contributed by atoms with E-state index in [1.165, 1.54) is 0 Å². The maximum Gasteiger partial charge on any atom is 0.220 e. The summed E-state index contributed by atoms with van der Waals surface area (Å²) in [5, 5.41) is 11.6. The predicted octanol–water partition coefficient (Wildman–Crippen LogP) is 2.46. The Balaban J connectivity index is 2.34. The zero-order valence-electron chi connectivity index (χ0n) is 12.4. The van der Waals surface area contributed by atoms with Crippen LogP contribution >= 0.6 is 11.3 Å². The maximum atomic E-state index is 12.0. The highest BCUT2D eigenvalue weighted by Crippen LogP contribution is 2.22. The number of carbonyl (C=O) groups excluding carboxylic acids is 2. The van der Waals surface area contributed by atoms with E-state index in [4.69, 9.17) is 5.11 Å². The molecule has 0 spiro atoms. The third-order valence-corrected chi connectivity index (χ3v) is 4.16. The minimum Gasteiger partial charge on any atom is -0.396 e. The molecule has 0 saturated carbocycles. The van der Waals surface area contributed by atoms with E-state index in [0.717, 1.165) is 15.3 Å². The molecule has 0 aliphatic rings. The number of aliphatic hydroxyl groups is 1. The van der Waals surface area contributed by atoms with Crippen LogP contribution in [0.15, 0.2) is 6.07 Å². The summed E-state index contributed by atoms with van der Waals surface area (Å²) in [7, 11) is 0. The van der Waals surface area contributed by atoms with Crippen molar-refractivity contribution in [2.45, 2.75) is 40.0 Å². The van der Waals surface area contributed by atoms with Crippen molar-refractivity contribution in [3.8, 4) is 0 Å². The van der Waals surface area contributed by atoms with E-state index in [1.54, 1.807) is 11.3 Å². The molecular weight excluding hydrogens is 274 g/mol. The fourth-order valence-electron chi connectivity index (χ4n) is 1.97. The number of Topliss-reactive ketones (excluding diaryl/α,β-unsaturated/α-hetero) is 1. The molecule has 1 rings (SSSR count). The quantitative estimate of drug-likeness (QED) is 0.724. The first-order chi connectivity index (χ1) is 9.43. The number of hydrogen-bond acceptors (Lipinski definition) is 4. The smallest absolute Gasteiger partial charge is 0.220 e. The van der Waals surface area contributed by atoms with Crippen LogP contribution in [0, 0.1) is 19.8 Å². The normalized spacial score (nSPS) is 12.2. The van der Waals surface area contributed by atoms with E-state index < -0.39 is 0 Å². The predicted molar refractivity (Wildman–Crippen MR) is 81.2 cm³/mol. The molecule has 2 N–H and O–H groups in total. The highest BCUT2D eigenvalue weighted by Gasteiger charge is 2.14. The summed E-state index contributed by atoms with van der Waals surface area (Å²) >= 11 is 1.61. The molecule has 20 heavy (non-hydrogen) atoms. The lowest BCUT2D eigenvalue weighted by Crippen LogP contribution is -2.28. The average Bonchev–Trinajstić information content (AvgIpc) is 2.73. The van der Waals surface area contributed by atoms with Gasteiger partial charge >= 0.3 is 0 Å². The van der Waals surface area contributed by atoms with Gasteiger partial charge in [-0.15, -0.1) is 11.3 Å². The van der Waals surface area contributed by atoms with Crippen molar-refractivity contribution >= 4 is 23.0 Å². The van der Waals surface area contributed by atoms with Gasteiger partial charge in [0.2, 0.25) is 5.91 Å². The topological polar surface area (TPSA) is 66.4 Å². The fraction of sp³-hybridized carbons (Fsp3) is 0.600. The Labute approximate surface area is 124 Å². The standard InChI is InChI=1S/C15H23NO3S/c1-10(6-7-17)9-16-15(19)5-4-14(18)13-8-11(2)20-12(13)3/h8,10,17H,4-7,9H2,1-3H3,(H,16,19). The first-order valence-corrected chi connectivity index (χ1v) is 7.73. The lowest BCUT2D eigenvalue weighted by atomic mass is 10.1. The zero-order chi connectivity index (χ0) is 15.1. The third kappa shape index (κ3) is 5.43. The molecular formula is C15H23NO3S. The number of ketones is 1. The van der Waals surface area contributed by atoms with Gasteiger partial charge in [-0.3, -0.25) is 9.59 Å². The molecule has 1 amide bonds. The van der Waals surface area contributed by atoms with Crippen molar-refractivity contribution in [3.05, 3.63) is 21.4 Å². The average molecular weight is 297 g/mol. The molecule has 5 heteroatoms. The van der Waals surface area contributed by atoms with Gasteiger partial charge in [0.1, 0.15) is 0 Å².